The van der Waals surface area contributed by atoms with Crippen LogP contribution < -0.4 is 10.6 Å². The molecule has 128 valence electrons. The van der Waals surface area contributed by atoms with Crippen molar-refractivity contribution < 1.29 is 9.50 Å². The van der Waals surface area contributed by atoms with Crippen LogP contribution in [0.3, 0.4) is 0 Å². The fourth-order valence-corrected chi connectivity index (χ4v) is 3.12. The molecule has 0 bridgehead atoms. The van der Waals surface area contributed by atoms with Gasteiger partial charge in [-0.1, -0.05) is 18.2 Å². The van der Waals surface area contributed by atoms with E-state index in [0.29, 0.717) is 25.1 Å². The van der Waals surface area contributed by atoms with Crippen molar-refractivity contribution in [1.29, 1.82) is 0 Å². The molecule has 1 saturated heterocycles. The predicted octanol–water partition coefficient (Wildman–Crippen LogP) is 1.27. The minimum Gasteiger partial charge on any atom is -0.396 e. The monoisotopic (exact) mass is 331 g/mol. The first-order valence-electron chi connectivity index (χ1n) is 8.09. The van der Waals surface area contributed by atoms with E-state index in [1.165, 1.54) is 6.07 Å². The summed E-state index contributed by atoms with van der Waals surface area (Å²) in [5.41, 5.74) is 6.34. The molecule has 0 unspecified atom stereocenters. The number of anilines is 2. The van der Waals surface area contributed by atoms with Crippen LogP contribution in [0, 0.1) is 5.82 Å². The zero-order valence-electron chi connectivity index (χ0n) is 13.5. The molecule has 1 aliphatic heterocycles. The van der Waals surface area contributed by atoms with Gasteiger partial charge in [-0.25, -0.2) is 9.37 Å². The molecule has 3 N–H and O–H groups in total. The maximum absolute atomic E-state index is 13.9. The molecular weight excluding hydrogens is 309 g/mol. The second-order valence-corrected chi connectivity index (χ2v) is 5.95. The van der Waals surface area contributed by atoms with Gasteiger partial charge >= 0.3 is 0 Å². The molecule has 0 saturated carbocycles. The molecule has 0 spiro atoms. The molecule has 0 amide bonds. The smallest absolute Gasteiger partial charge is 0.221 e. The first-order chi connectivity index (χ1) is 11.7. The number of nitrogen functional groups attached to an aromatic ring is 1. The molecule has 24 heavy (non-hydrogen) atoms. The van der Waals surface area contributed by atoms with Crippen molar-refractivity contribution in [2.45, 2.75) is 19.0 Å². The highest BCUT2D eigenvalue weighted by molar-refractivity contribution is 5.41. The normalized spacial score (nSPS) is 18.8. The molecule has 1 aliphatic rings. The Morgan fingerprint density at radius 3 is 2.83 bits per heavy atom. The number of aliphatic hydroxyl groups excluding tert-OH is 1. The van der Waals surface area contributed by atoms with E-state index in [0.717, 1.165) is 18.9 Å². The van der Waals surface area contributed by atoms with Crippen LogP contribution in [-0.2, 0) is 6.54 Å². The Kier molecular flexibility index (Phi) is 5.22. The largest absolute Gasteiger partial charge is 0.396 e. The quantitative estimate of drug-likeness (QED) is 0.859. The number of piperazine rings is 1. The van der Waals surface area contributed by atoms with Gasteiger partial charge in [0.2, 0.25) is 5.95 Å². The molecule has 0 aliphatic carbocycles. The Bertz CT molecular complexity index is 684. The second kappa shape index (κ2) is 7.55. The lowest BCUT2D eigenvalue weighted by Gasteiger charge is -2.42. The molecule has 2 heterocycles. The summed E-state index contributed by atoms with van der Waals surface area (Å²) < 4.78 is 13.9. The van der Waals surface area contributed by atoms with Crippen molar-refractivity contribution in [2.24, 2.45) is 0 Å². The molecule has 6 nitrogen and oxygen atoms in total. The van der Waals surface area contributed by atoms with Gasteiger partial charge in [-0.3, -0.25) is 4.90 Å². The highest BCUT2D eigenvalue weighted by atomic mass is 19.1. The van der Waals surface area contributed by atoms with Crippen molar-refractivity contribution in [3.8, 4) is 0 Å². The number of nitrogens with two attached hydrogens (primary N) is 1. The lowest BCUT2D eigenvalue weighted by Crippen LogP contribution is -2.53. The van der Waals surface area contributed by atoms with E-state index in [-0.39, 0.29) is 24.4 Å². The number of benzene rings is 1. The summed E-state index contributed by atoms with van der Waals surface area (Å²) in [4.78, 5) is 12.5. The maximum atomic E-state index is 13.9. The van der Waals surface area contributed by atoms with E-state index in [1.807, 2.05) is 18.2 Å². The number of aromatic nitrogens is 2. The van der Waals surface area contributed by atoms with E-state index in [4.69, 9.17) is 5.73 Å². The number of rotatable bonds is 5. The molecule has 3 rings (SSSR count). The van der Waals surface area contributed by atoms with Gasteiger partial charge in [-0.05, 0) is 18.6 Å². The summed E-state index contributed by atoms with van der Waals surface area (Å²) in [6.45, 7) is 2.89. The molecule has 1 aromatic carbocycles. The Morgan fingerprint density at radius 2 is 2.08 bits per heavy atom. The lowest BCUT2D eigenvalue weighted by molar-refractivity contribution is 0.134. The molecular formula is C17H22FN5O. The van der Waals surface area contributed by atoms with Crippen LogP contribution in [0.4, 0.5) is 16.2 Å². The van der Waals surface area contributed by atoms with Crippen LogP contribution >= 0.6 is 0 Å². The van der Waals surface area contributed by atoms with Crippen LogP contribution in [-0.4, -0.2) is 52.3 Å². The fourth-order valence-electron chi connectivity index (χ4n) is 3.12. The number of hydrogen-bond acceptors (Lipinski definition) is 6. The SMILES string of the molecule is Nc1nccc(N2CCN(Cc3ccccc3F)[C@@H](CCO)C2)n1. The first kappa shape index (κ1) is 16.6. The summed E-state index contributed by atoms with van der Waals surface area (Å²) in [5.74, 6) is 0.849. The van der Waals surface area contributed by atoms with Crippen LogP contribution in [0.2, 0.25) is 0 Å². The Balaban J connectivity index is 1.73. The van der Waals surface area contributed by atoms with Crippen molar-refractivity contribution >= 4 is 11.8 Å². The first-order valence-corrected chi connectivity index (χ1v) is 8.09. The number of aliphatic hydroxyl groups is 1. The van der Waals surface area contributed by atoms with Gasteiger partial charge < -0.3 is 15.7 Å². The topological polar surface area (TPSA) is 78.5 Å². The Hall–Kier alpha value is -2.25. The molecule has 1 fully saturated rings. The molecule has 2 aromatic rings. The number of hydrogen-bond donors (Lipinski definition) is 2. The summed E-state index contributed by atoms with van der Waals surface area (Å²) in [7, 11) is 0. The van der Waals surface area contributed by atoms with Crippen LogP contribution in [0.1, 0.15) is 12.0 Å². The minimum atomic E-state index is -0.189. The average molecular weight is 331 g/mol. The Morgan fingerprint density at radius 1 is 1.25 bits per heavy atom. The van der Waals surface area contributed by atoms with Gasteiger partial charge in [0.1, 0.15) is 11.6 Å². The molecule has 1 aromatic heterocycles. The third-order valence-electron chi connectivity index (χ3n) is 4.38. The summed E-state index contributed by atoms with van der Waals surface area (Å²) in [6.07, 6.45) is 2.27. The fraction of sp³-hybridized carbons (Fsp3) is 0.412. The van der Waals surface area contributed by atoms with Gasteiger partial charge in [-0.15, -0.1) is 0 Å². The third-order valence-corrected chi connectivity index (χ3v) is 4.38. The van der Waals surface area contributed by atoms with Gasteiger partial charge in [0.25, 0.3) is 0 Å². The summed E-state index contributed by atoms with van der Waals surface area (Å²) >= 11 is 0. The summed E-state index contributed by atoms with van der Waals surface area (Å²) in [6, 6.07) is 8.79. The van der Waals surface area contributed by atoms with Gasteiger partial charge in [0.15, 0.2) is 0 Å². The van der Waals surface area contributed by atoms with Crippen LogP contribution in [0.25, 0.3) is 0 Å². The zero-order chi connectivity index (χ0) is 16.9. The average Bonchev–Trinajstić information content (AvgIpc) is 2.58. The van der Waals surface area contributed by atoms with Gasteiger partial charge in [0, 0.05) is 50.6 Å². The standard InChI is InChI=1S/C17H22FN5O/c18-15-4-2-1-3-13(15)11-22-8-9-23(12-14(22)6-10-24)16-5-7-20-17(19)21-16/h1-5,7,14,24H,6,8-12H2,(H2,19,20,21)/t14-/m0/s1. The van der Waals surface area contributed by atoms with Crippen molar-refractivity contribution in [1.82, 2.24) is 14.9 Å². The van der Waals surface area contributed by atoms with E-state index < -0.39 is 0 Å². The van der Waals surface area contributed by atoms with E-state index in [9.17, 15) is 9.50 Å². The van der Waals surface area contributed by atoms with Gasteiger partial charge in [0.05, 0.1) is 0 Å². The van der Waals surface area contributed by atoms with Crippen molar-refractivity contribution in [3.05, 3.63) is 47.9 Å². The van der Waals surface area contributed by atoms with Crippen LogP contribution in [0.15, 0.2) is 36.5 Å². The van der Waals surface area contributed by atoms with Gasteiger partial charge in [-0.2, -0.15) is 4.98 Å². The van der Waals surface area contributed by atoms with Crippen LogP contribution in [0.5, 0.6) is 0 Å². The third kappa shape index (κ3) is 3.80. The second-order valence-electron chi connectivity index (χ2n) is 5.95. The van der Waals surface area contributed by atoms with E-state index >= 15 is 0 Å². The van der Waals surface area contributed by atoms with Crippen molar-refractivity contribution in [3.63, 3.8) is 0 Å². The Labute approximate surface area is 140 Å². The minimum absolute atomic E-state index is 0.0954. The van der Waals surface area contributed by atoms with E-state index in [2.05, 4.69) is 19.8 Å². The van der Waals surface area contributed by atoms with E-state index in [1.54, 1.807) is 12.3 Å². The highest BCUT2D eigenvalue weighted by Crippen LogP contribution is 2.21. The molecule has 1 atom stereocenters. The maximum Gasteiger partial charge on any atom is 0.221 e. The molecule has 0 radical (unpaired) electrons. The number of nitrogens with zero attached hydrogens (tertiary/aromatic N) is 4. The zero-order valence-corrected chi connectivity index (χ0v) is 13.5. The lowest BCUT2D eigenvalue weighted by atomic mass is 10.1. The summed E-state index contributed by atoms with van der Waals surface area (Å²) in [5, 5.41) is 9.39. The molecule has 7 heteroatoms. The van der Waals surface area contributed by atoms with Crippen molar-refractivity contribution in [2.75, 3.05) is 36.9 Å². The predicted molar refractivity (Wildman–Crippen MR) is 91.0 cm³/mol. The number of halogens is 1. The highest BCUT2D eigenvalue weighted by Gasteiger charge is 2.28.